The lowest BCUT2D eigenvalue weighted by Crippen LogP contribution is -2.51. The number of ether oxygens (including phenoxy) is 6. The molecule has 0 aliphatic rings. The van der Waals surface area contributed by atoms with E-state index in [1.54, 1.807) is 13.0 Å². The Bertz CT molecular complexity index is 1010. The summed E-state index contributed by atoms with van der Waals surface area (Å²) in [7, 11) is 1.21. The molecular formula is C30H47NO10. The second-order valence-electron chi connectivity index (χ2n) is 11.3. The van der Waals surface area contributed by atoms with E-state index in [1.807, 2.05) is 41.5 Å². The normalized spacial score (nSPS) is 13.4. The highest BCUT2D eigenvalue weighted by molar-refractivity contribution is 5.81. The van der Waals surface area contributed by atoms with Crippen LogP contribution in [0.2, 0.25) is 0 Å². The lowest BCUT2D eigenvalue weighted by Gasteiger charge is -2.27. The van der Waals surface area contributed by atoms with Crippen LogP contribution < -0.4 is 15.2 Å². The first-order valence-corrected chi connectivity index (χ1v) is 14.0. The van der Waals surface area contributed by atoms with Gasteiger partial charge < -0.3 is 34.2 Å². The van der Waals surface area contributed by atoms with E-state index in [0.717, 1.165) is 0 Å². The van der Waals surface area contributed by atoms with Crippen LogP contribution in [0.15, 0.2) is 18.2 Å². The molecule has 1 aromatic rings. The number of hydrogen-bond acceptors (Lipinski definition) is 11. The van der Waals surface area contributed by atoms with E-state index < -0.39 is 23.8 Å². The SMILES string of the molecule is COC(=O)[C@@](N)(CCOC(=O)C(C)C(C)C)Cc1ccc(OC(=O)OCCC(C)C)c(OC(=O)OCCC(C)C)c1. The maximum Gasteiger partial charge on any atom is 0.513 e. The van der Waals surface area contributed by atoms with Crippen LogP contribution in [0.4, 0.5) is 9.59 Å². The van der Waals surface area contributed by atoms with Crippen molar-refractivity contribution in [2.75, 3.05) is 26.9 Å². The highest BCUT2D eigenvalue weighted by Gasteiger charge is 2.36. The summed E-state index contributed by atoms with van der Waals surface area (Å²) in [6.07, 6.45) is -0.748. The number of esters is 2. The molecule has 0 aliphatic carbocycles. The molecule has 1 aromatic carbocycles. The van der Waals surface area contributed by atoms with Gasteiger partial charge in [0, 0.05) is 12.8 Å². The Kier molecular flexibility index (Phi) is 15.2. The molecule has 1 rings (SSSR count). The van der Waals surface area contributed by atoms with Gasteiger partial charge in [-0.2, -0.15) is 0 Å². The average Bonchev–Trinajstić information content (AvgIpc) is 2.88. The molecule has 11 heteroatoms. The summed E-state index contributed by atoms with van der Waals surface area (Å²) in [5.74, 6) is -0.886. The monoisotopic (exact) mass is 581 g/mol. The summed E-state index contributed by atoms with van der Waals surface area (Å²) in [5, 5.41) is 0. The molecule has 0 heterocycles. The third kappa shape index (κ3) is 13.2. The van der Waals surface area contributed by atoms with Gasteiger partial charge >= 0.3 is 24.2 Å². The molecule has 1 unspecified atom stereocenters. The van der Waals surface area contributed by atoms with Gasteiger partial charge in [0.05, 0.1) is 32.8 Å². The van der Waals surface area contributed by atoms with Gasteiger partial charge in [0.2, 0.25) is 0 Å². The van der Waals surface area contributed by atoms with Crippen LogP contribution in [0.1, 0.15) is 73.3 Å². The molecule has 0 aromatic heterocycles. The van der Waals surface area contributed by atoms with Crippen molar-refractivity contribution < 1.29 is 47.6 Å². The van der Waals surface area contributed by atoms with Crippen LogP contribution >= 0.6 is 0 Å². The van der Waals surface area contributed by atoms with Crippen LogP contribution in [0.25, 0.3) is 0 Å². The predicted octanol–water partition coefficient (Wildman–Crippen LogP) is 5.45. The third-order valence-corrected chi connectivity index (χ3v) is 6.50. The molecule has 11 nitrogen and oxygen atoms in total. The second kappa shape index (κ2) is 17.5. The molecule has 0 radical (unpaired) electrons. The first-order chi connectivity index (χ1) is 19.2. The van der Waals surface area contributed by atoms with Gasteiger partial charge in [0.15, 0.2) is 11.5 Å². The fourth-order valence-electron chi connectivity index (χ4n) is 3.39. The Morgan fingerprint density at radius 2 is 1.32 bits per heavy atom. The molecule has 0 fully saturated rings. The van der Waals surface area contributed by atoms with Crippen LogP contribution in [0.5, 0.6) is 11.5 Å². The van der Waals surface area contributed by atoms with Gasteiger partial charge in [-0.05, 0) is 48.3 Å². The molecule has 2 N–H and O–H groups in total. The van der Waals surface area contributed by atoms with Gasteiger partial charge in [0.25, 0.3) is 0 Å². The number of carbonyl (C=O) groups excluding carboxylic acids is 4. The molecule has 0 amide bonds. The Hall–Kier alpha value is -3.34. The van der Waals surface area contributed by atoms with Gasteiger partial charge in [-0.15, -0.1) is 0 Å². The zero-order valence-corrected chi connectivity index (χ0v) is 25.7. The van der Waals surface area contributed by atoms with Crippen LogP contribution in [-0.2, 0) is 35.0 Å². The second-order valence-corrected chi connectivity index (χ2v) is 11.3. The number of carbonyl (C=O) groups is 4. The number of methoxy groups -OCH3 is 1. The minimum atomic E-state index is -1.57. The maximum atomic E-state index is 12.7. The van der Waals surface area contributed by atoms with Crippen molar-refractivity contribution in [1.29, 1.82) is 0 Å². The molecule has 2 atom stereocenters. The van der Waals surface area contributed by atoms with E-state index in [2.05, 4.69) is 0 Å². The molecule has 0 spiro atoms. The van der Waals surface area contributed by atoms with Gasteiger partial charge in [-0.25, -0.2) is 9.59 Å². The zero-order valence-electron chi connectivity index (χ0n) is 25.7. The molecule has 0 saturated heterocycles. The molecule has 232 valence electrons. The lowest BCUT2D eigenvalue weighted by molar-refractivity contribution is -0.153. The van der Waals surface area contributed by atoms with E-state index >= 15 is 0 Å². The van der Waals surface area contributed by atoms with E-state index in [1.165, 1.54) is 19.2 Å². The minimum Gasteiger partial charge on any atom is -0.468 e. The van der Waals surface area contributed by atoms with Crippen molar-refractivity contribution in [2.45, 2.75) is 79.7 Å². The fourth-order valence-corrected chi connectivity index (χ4v) is 3.39. The van der Waals surface area contributed by atoms with Crippen molar-refractivity contribution in [2.24, 2.45) is 29.4 Å². The lowest BCUT2D eigenvalue weighted by atomic mass is 9.88. The van der Waals surface area contributed by atoms with E-state index in [9.17, 15) is 19.2 Å². The predicted molar refractivity (Wildman–Crippen MR) is 152 cm³/mol. The first kappa shape index (κ1) is 35.7. The summed E-state index contributed by atoms with van der Waals surface area (Å²) in [5.41, 5.74) is 5.34. The summed E-state index contributed by atoms with van der Waals surface area (Å²) in [4.78, 5) is 49.6. The molecule has 0 saturated carbocycles. The van der Waals surface area contributed by atoms with Gasteiger partial charge in [-0.1, -0.05) is 54.5 Å². The molecule has 0 bridgehead atoms. The molecular weight excluding hydrogens is 534 g/mol. The topological polar surface area (TPSA) is 150 Å². The minimum absolute atomic E-state index is 0.0237. The van der Waals surface area contributed by atoms with Crippen molar-refractivity contribution >= 4 is 24.2 Å². The average molecular weight is 582 g/mol. The van der Waals surface area contributed by atoms with E-state index in [-0.39, 0.29) is 62.0 Å². The standard InChI is InChI=1S/C30H47NO10/c1-19(2)11-14-38-28(34)40-24-10-9-23(17-25(24)41-29(35)39-15-12-20(3)4)18-30(31,27(33)36-8)13-16-37-26(32)22(7)21(5)6/h9-10,17,19-22H,11-16,18,31H2,1-8H3/t22?,30-/m1/s1. The summed E-state index contributed by atoms with van der Waals surface area (Å²) < 4.78 is 31.2. The smallest absolute Gasteiger partial charge is 0.468 e. The Balaban J connectivity index is 3.14. The summed E-state index contributed by atoms with van der Waals surface area (Å²) in [6, 6.07) is 4.38. The number of hydrogen-bond donors (Lipinski definition) is 1. The van der Waals surface area contributed by atoms with Crippen LogP contribution in [-0.4, -0.2) is 56.7 Å². The van der Waals surface area contributed by atoms with Gasteiger partial charge in [-0.3, -0.25) is 9.59 Å². The fraction of sp³-hybridized carbons (Fsp3) is 0.667. The quantitative estimate of drug-likeness (QED) is 0.151. The Morgan fingerprint density at radius 1 is 0.780 bits per heavy atom. The summed E-state index contributed by atoms with van der Waals surface area (Å²) >= 11 is 0. The zero-order chi connectivity index (χ0) is 31.2. The summed E-state index contributed by atoms with van der Waals surface area (Å²) in [6.45, 7) is 13.8. The first-order valence-electron chi connectivity index (χ1n) is 14.0. The third-order valence-electron chi connectivity index (χ3n) is 6.50. The van der Waals surface area contributed by atoms with E-state index in [0.29, 0.717) is 30.2 Å². The largest absolute Gasteiger partial charge is 0.513 e. The van der Waals surface area contributed by atoms with E-state index in [4.69, 9.17) is 34.2 Å². The van der Waals surface area contributed by atoms with Gasteiger partial charge in [0.1, 0.15) is 5.54 Å². The number of nitrogens with two attached hydrogens (primary N) is 1. The number of benzene rings is 1. The highest BCUT2D eigenvalue weighted by Crippen LogP contribution is 2.31. The molecule has 41 heavy (non-hydrogen) atoms. The number of rotatable bonds is 16. The molecule has 0 aliphatic heterocycles. The Morgan fingerprint density at radius 3 is 1.80 bits per heavy atom. The van der Waals surface area contributed by atoms with Crippen LogP contribution in [0.3, 0.4) is 0 Å². The van der Waals surface area contributed by atoms with Crippen LogP contribution in [0, 0.1) is 23.7 Å². The van der Waals surface area contributed by atoms with Crippen molar-refractivity contribution in [3.05, 3.63) is 23.8 Å². The van der Waals surface area contributed by atoms with Crippen molar-refractivity contribution in [3.8, 4) is 11.5 Å². The Labute approximate surface area is 243 Å². The highest BCUT2D eigenvalue weighted by atomic mass is 16.7. The van der Waals surface area contributed by atoms with Crippen molar-refractivity contribution in [3.63, 3.8) is 0 Å². The van der Waals surface area contributed by atoms with Crippen molar-refractivity contribution in [1.82, 2.24) is 0 Å². The maximum absolute atomic E-state index is 12.7.